The van der Waals surface area contributed by atoms with Crippen molar-refractivity contribution < 1.29 is 18.7 Å². The van der Waals surface area contributed by atoms with Gasteiger partial charge < -0.3 is 25.1 Å². The lowest BCUT2D eigenvalue weighted by Gasteiger charge is -2.21. The number of hydrogen-bond donors (Lipinski definition) is 3. The fourth-order valence-electron chi connectivity index (χ4n) is 5.12. The van der Waals surface area contributed by atoms with Gasteiger partial charge in [0.2, 0.25) is 0 Å². The number of methoxy groups -OCH3 is 1. The minimum Gasteiger partial charge on any atom is -0.492 e. The number of para-hydroxylation sites is 1. The number of hydrogen-bond acceptors (Lipinski definition) is 6. The summed E-state index contributed by atoms with van der Waals surface area (Å²) >= 11 is 0. The van der Waals surface area contributed by atoms with Crippen LogP contribution in [0.4, 0.5) is 15.8 Å². The number of aromatic amines is 1. The smallest absolute Gasteiger partial charge is 0.255 e. The summed E-state index contributed by atoms with van der Waals surface area (Å²) in [5.74, 6) is -0.624. The van der Waals surface area contributed by atoms with Gasteiger partial charge in [0, 0.05) is 36.5 Å². The minimum atomic E-state index is -0.497. The second kappa shape index (κ2) is 8.91. The highest BCUT2D eigenvalue weighted by Crippen LogP contribution is 2.41. The number of halogens is 1. The Morgan fingerprint density at radius 3 is 2.92 bits per heavy atom. The maximum Gasteiger partial charge on any atom is 0.255 e. The van der Waals surface area contributed by atoms with E-state index in [0.29, 0.717) is 34.6 Å². The summed E-state index contributed by atoms with van der Waals surface area (Å²) in [5, 5.41) is 6.29. The molecule has 0 saturated carbocycles. The third kappa shape index (κ3) is 3.76. The lowest BCUT2D eigenvalue weighted by molar-refractivity contribution is 0.0930. The van der Waals surface area contributed by atoms with Gasteiger partial charge in [-0.3, -0.25) is 9.78 Å². The van der Waals surface area contributed by atoms with E-state index in [4.69, 9.17) is 14.5 Å². The lowest BCUT2D eigenvalue weighted by atomic mass is 10.0. The first kappa shape index (κ1) is 22.5. The average Bonchev–Trinajstić information content (AvgIpc) is 3.52. The number of carbonyl (C=O) groups excluding carboxylic acids is 1. The van der Waals surface area contributed by atoms with Crippen LogP contribution in [0.5, 0.6) is 5.75 Å². The summed E-state index contributed by atoms with van der Waals surface area (Å²) in [6.45, 7) is 2.69. The zero-order valence-corrected chi connectivity index (χ0v) is 20.0. The number of ether oxygens (including phenoxy) is 2. The van der Waals surface area contributed by atoms with E-state index in [-0.39, 0.29) is 23.8 Å². The molecular weight excluding hydrogens is 461 g/mol. The Labute approximate surface area is 207 Å². The van der Waals surface area contributed by atoms with Crippen molar-refractivity contribution in [1.82, 2.24) is 20.3 Å². The molecule has 1 amide bonds. The van der Waals surface area contributed by atoms with Crippen molar-refractivity contribution >= 4 is 28.3 Å². The van der Waals surface area contributed by atoms with Gasteiger partial charge in [-0.05, 0) is 50.1 Å². The van der Waals surface area contributed by atoms with Crippen LogP contribution in [0.3, 0.4) is 0 Å². The highest BCUT2D eigenvalue weighted by molar-refractivity contribution is 6.08. The Kier molecular flexibility index (Phi) is 5.56. The summed E-state index contributed by atoms with van der Waals surface area (Å²) in [5.41, 5.74) is 6.01. The van der Waals surface area contributed by atoms with Crippen molar-refractivity contribution in [3.05, 3.63) is 65.4 Å². The van der Waals surface area contributed by atoms with Crippen molar-refractivity contribution in [2.24, 2.45) is 0 Å². The summed E-state index contributed by atoms with van der Waals surface area (Å²) in [6.07, 6.45) is 4.24. The van der Waals surface area contributed by atoms with E-state index in [0.717, 1.165) is 41.9 Å². The van der Waals surface area contributed by atoms with Gasteiger partial charge >= 0.3 is 0 Å². The van der Waals surface area contributed by atoms with Gasteiger partial charge in [0.1, 0.15) is 0 Å². The first-order valence-corrected chi connectivity index (χ1v) is 12.1. The fourth-order valence-corrected chi connectivity index (χ4v) is 5.12. The maximum atomic E-state index is 14.5. The molecule has 1 saturated heterocycles. The Balaban J connectivity index is 1.56. The summed E-state index contributed by atoms with van der Waals surface area (Å²) in [4.78, 5) is 26.1. The van der Waals surface area contributed by atoms with E-state index in [9.17, 15) is 9.18 Å². The molecule has 0 unspecified atom stereocenters. The third-order valence-electron chi connectivity index (χ3n) is 6.76. The van der Waals surface area contributed by atoms with Gasteiger partial charge in [-0.25, -0.2) is 9.37 Å². The normalized spacial score (nSPS) is 19.2. The molecule has 4 aromatic rings. The summed E-state index contributed by atoms with van der Waals surface area (Å²) in [6, 6.07) is 10.4. The van der Waals surface area contributed by atoms with E-state index < -0.39 is 5.82 Å². The number of carbonyl (C=O) groups is 1. The number of anilines is 2. The molecule has 3 aromatic heterocycles. The van der Waals surface area contributed by atoms with Crippen molar-refractivity contribution in [2.45, 2.75) is 38.3 Å². The molecular formula is C27H26FN5O3. The van der Waals surface area contributed by atoms with E-state index in [1.54, 1.807) is 18.3 Å². The molecule has 8 nitrogen and oxygen atoms in total. The van der Waals surface area contributed by atoms with Crippen LogP contribution in [-0.2, 0) is 11.2 Å². The van der Waals surface area contributed by atoms with Crippen LogP contribution in [0, 0.1) is 5.82 Å². The molecule has 5 heterocycles. The molecule has 1 fully saturated rings. The topological polar surface area (TPSA) is 101 Å². The number of aromatic nitrogens is 3. The van der Waals surface area contributed by atoms with Crippen LogP contribution < -0.4 is 15.4 Å². The predicted octanol–water partition coefficient (Wildman–Crippen LogP) is 5.04. The zero-order valence-electron chi connectivity index (χ0n) is 20.0. The number of amides is 1. The minimum absolute atomic E-state index is 0.0218. The molecule has 0 bridgehead atoms. The van der Waals surface area contributed by atoms with Gasteiger partial charge in [0.05, 0.1) is 52.6 Å². The standard InChI is InChI=1S/C27H26FN5O3/c1-14-13-20-22(27(34)30-14)25(32-19-6-3-5-16(28)26(19)35-2)24(33-20)15-10-11-29-18-9-8-17(31-23(15)18)21-7-4-12-36-21/h3,5-6,8-11,14,21,32-33H,4,7,12-13H2,1-2H3,(H,30,34)/t14-,21-/m1/s1. The molecule has 3 N–H and O–H groups in total. The van der Waals surface area contributed by atoms with Crippen molar-refractivity contribution in [1.29, 1.82) is 0 Å². The van der Waals surface area contributed by atoms with E-state index in [2.05, 4.69) is 20.6 Å². The number of nitrogens with one attached hydrogen (secondary N) is 3. The number of fused-ring (bicyclic) bond motifs is 2. The molecule has 0 aliphatic carbocycles. The average molecular weight is 488 g/mol. The Morgan fingerprint density at radius 2 is 2.11 bits per heavy atom. The second-order valence-corrected chi connectivity index (χ2v) is 9.22. The van der Waals surface area contributed by atoms with Crippen LogP contribution >= 0.6 is 0 Å². The van der Waals surface area contributed by atoms with Crippen molar-refractivity contribution in [3.63, 3.8) is 0 Å². The van der Waals surface area contributed by atoms with E-state index in [1.807, 2.05) is 25.1 Å². The molecule has 2 atom stereocenters. The predicted molar refractivity (Wildman–Crippen MR) is 134 cm³/mol. The number of H-pyrrole nitrogens is 1. The van der Waals surface area contributed by atoms with Gasteiger partial charge in [-0.1, -0.05) is 6.07 Å². The van der Waals surface area contributed by atoms with Crippen LogP contribution in [-0.4, -0.2) is 40.6 Å². The lowest BCUT2D eigenvalue weighted by Crippen LogP contribution is -2.39. The highest BCUT2D eigenvalue weighted by Gasteiger charge is 2.31. The summed E-state index contributed by atoms with van der Waals surface area (Å²) in [7, 11) is 1.42. The van der Waals surface area contributed by atoms with Gasteiger partial charge in [-0.2, -0.15) is 0 Å². The first-order valence-electron chi connectivity index (χ1n) is 12.1. The Hall–Kier alpha value is -3.98. The molecule has 0 spiro atoms. The van der Waals surface area contributed by atoms with Crippen LogP contribution in [0.15, 0.2) is 42.6 Å². The third-order valence-corrected chi connectivity index (χ3v) is 6.76. The molecule has 184 valence electrons. The molecule has 2 aliphatic rings. The largest absolute Gasteiger partial charge is 0.492 e. The zero-order chi connectivity index (χ0) is 24.8. The van der Waals surface area contributed by atoms with Gasteiger partial charge in [0.25, 0.3) is 5.91 Å². The molecule has 36 heavy (non-hydrogen) atoms. The Bertz CT molecular complexity index is 1480. The van der Waals surface area contributed by atoms with E-state index in [1.165, 1.54) is 13.2 Å². The molecule has 0 radical (unpaired) electrons. The van der Waals surface area contributed by atoms with E-state index >= 15 is 0 Å². The fraction of sp³-hybridized carbons (Fsp3) is 0.296. The Morgan fingerprint density at radius 1 is 1.22 bits per heavy atom. The molecule has 2 aliphatic heterocycles. The quantitative estimate of drug-likeness (QED) is 0.365. The van der Waals surface area contributed by atoms with Gasteiger partial charge in [0.15, 0.2) is 11.6 Å². The van der Waals surface area contributed by atoms with Crippen molar-refractivity contribution in [3.8, 4) is 17.0 Å². The maximum absolute atomic E-state index is 14.5. The SMILES string of the molecule is COc1c(F)cccc1Nc1c(-c2ccnc3ccc([C@H]4CCCO4)nc23)[nH]c2c1C(=O)N[C@H](C)C2. The van der Waals surface area contributed by atoms with Crippen LogP contribution in [0.1, 0.15) is 47.6 Å². The van der Waals surface area contributed by atoms with Crippen LogP contribution in [0.25, 0.3) is 22.3 Å². The molecule has 6 rings (SSSR count). The second-order valence-electron chi connectivity index (χ2n) is 9.22. The molecule has 9 heteroatoms. The summed E-state index contributed by atoms with van der Waals surface area (Å²) < 4.78 is 25.7. The monoisotopic (exact) mass is 487 g/mol. The van der Waals surface area contributed by atoms with Crippen molar-refractivity contribution in [2.75, 3.05) is 19.0 Å². The van der Waals surface area contributed by atoms with Crippen LogP contribution in [0.2, 0.25) is 0 Å². The number of nitrogens with zero attached hydrogens (tertiary/aromatic N) is 2. The number of rotatable bonds is 5. The number of pyridine rings is 2. The molecule has 1 aromatic carbocycles. The number of benzene rings is 1. The first-order chi connectivity index (χ1) is 17.5. The highest BCUT2D eigenvalue weighted by atomic mass is 19.1. The van der Waals surface area contributed by atoms with Gasteiger partial charge in [-0.15, -0.1) is 0 Å².